The fourth-order valence-electron chi connectivity index (χ4n) is 2.83. The van der Waals surface area contributed by atoms with E-state index in [1.165, 1.54) is 11.3 Å². The van der Waals surface area contributed by atoms with Gasteiger partial charge in [0.25, 0.3) is 5.91 Å². The number of carbonyl (C=O) groups is 1. The third-order valence-electron chi connectivity index (χ3n) is 4.17. The molecule has 5 nitrogen and oxygen atoms in total. The van der Waals surface area contributed by atoms with Crippen molar-refractivity contribution in [2.75, 3.05) is 18.5 Å². The van der Waals surface area contributed by atoms with Crippen LogP contribution < -0.4 is 14.8 Å². The SMILES string of the molecule is Cc1nc(NC(=O)c2ccc3c(c2)OCCO3)sc1Cc1cccc(Cl)c1. The molecule has 1 amide bonds. The lowest BCUT2D eigenvalue weighted by molar-refractivity contribution is 0.102. The number of aromatic nitrogens is 1. The highest BCUT2D eigenvalue weighted by Crippen LogP contribution is 2.31. The highest BCUT2D eigenvalue weighted by Gasteiger charge is 2.17. The number of nitrogens with one attached hydrogen (secondary N) is 1. The average Bonchev–Trinajstić information content (AvgIpc) is 3.00. The van der Waals surface area contributed by atoms with Crippen LogP contribution in [0, 0.1) is 6.92 Å². The van der Waals surface area contributed by atoms with Crippen molar-refractivity contribution in [1.82, 2.24) is 4.98 Å². The number of aryl methyl sites for hydroxylation is 1. The Bertz CT molecular complexity index is 1000. The zero-order valence-electron chi connectivity index (χ0n) is 14.6. The topological polar surface area (TPSA) is 60.5 Å². The third kappa shape index (κ3) is 4.07. The van der Waals surface area contributed by atoms with Gasteiger partial charge in [-0.05, 0) is 42.8 Å². The molecule has 1 aromatic heterocycles. The predicted molar refractivity (Wildman–Crippen MR) is 106 cm³/mol. The van der Waals surface area contributed by atoms with Gasteiger partial charge >= 0.3 is 0 Å². The third-order valence-corrected chi connectivity index (χ3v) is 5.48. The first-order chi connectivity index (χ1) is 13.1. The van der Waals surface area contributed by atoms with Gasteiger partial charge in [0.05, 0.1) is 5.69 Å². The molecule has 27 heavy (non-hydrogen) atoms. The predicted octanol–water partition coefficient (Wildman–Crippen LogP) is 4.72. The van der Waals surface area contributed by atoms with E-state index in [0.29, 0.717) is 40.4 Å². The second-order valence-electron chi connectivity index (χ2n) is 6.15. The Kier molecular flexibility index (Phi) is 5.01. The Balaban J connectivity index is 1.49. The number of rotatable bonds is 4. The lowest BCUT2D eigenvalue weighted by atomic mass is 10.1. The summed E-state index contributed by atoms with van der Waals surface area (Å²) in [6.45, 7) is 2.94. The Labute approximate surface area is 165 Å². The number of fused-ring (bicyclic) bond motifs is 1. The number of halogens is 1. The highest BCUT2D eigenvalue weighted by atomic mass is 35.5. The van der Waals surface area contributed by atoms with Crippen LogP contribution in [0.15, 0.2) is 42.5 Å². The molecule has 0 aliphatic carbocycles. The summed E-state index contributed by atoms with van der Waals surface area (Å²) >= 11 is 7.52. The Morgan fingerprint density at radius 2 is 2.00 bits per heavy atom. The van der Waals surface area contributed by atoms with Crippen LogP contribution in [0.3, 0.4) is 0 Å². The van der Waals surface area contributed by atoms with Crippen LogP contribution in [-0.2, 0) is 6.42 Å². The molecule has 0 bridgehead atoms. The molecule has 2 aromatic carbocycles. The first-order valence-corrected chi connectivity index (χ1v) is 9.70. The van der Waals surface area contributed by atoms with Gasteiger partial charge in [0, 0.05) is 21.9 Å². The minimum atomic E-state index is -0.227. The quantitative estimate of drug-likeness (QED) is 0.688. The largest absolute Gasteiger partial charge is 0.486 e. The molecule has 0 saturated heterocycles. The number of ether oxygens (including phenoxy) is 2. The van der Waals surface area contributed by atoms with Crippen molar-refractivity contribution in [3.63, 3.8) is 0 Å². The number of nitrogens with zero attached hydrogens (tertiary/aromatic N) is 1. The second-order valence-corrected chi connectivity index (χ2v) is 7.67. The fraction of sp³-hybridized carbons (Fsp3) is 0.200. The van der Waals surface area contributed by atoms with Crippen molar-refractivity contribution in [1.29, 1.82) is 0 Å². The number of carbonyl (C=O) groups excluding carboxylic acids is 1. The highest BCUT2D eigenvalue weighted by molar-refractivity contribution is 7.15. The summed E-state index contributed by atoms with van der Waals surface area (Å²) in [7, 11) is 0. The lowest BCUT2D eigenvalue weighted by Crippen LogP contribution is -2.17. The molecule has 0 atom stereocenters. The summed E-state index contributed by atoms with van der Waals surface area (Å²) < 4.78 is 11.0. The van der Waals surface area contributed by atoms with Crippen LogP contribution in [0.25, 0.3) is 0 Å². The second kappa shape index (κ2) is 7.58. The maximum Gasteiger partial charge on any atom is 0.257 e. The molecule has 4 rings (SSSR count). The van der Waals surface area contributed by atoms with Crippen LogP contribution in [0.5, 0.6) is 11.5 Å². The molecule has 0 unspecified atom stereocenters. The van der Waals surface area contributed by atoms with Crippen LogP contribution >= 0.6 is 22.9 Å². The summed E-state index contributed by atoms with van der Waals surface area (Å²) in [5.74, 6) is 1.02. The van der Waals surface area contributed by atoms with Crippen molar-refractivity contribution in [2.24, 2.45) is 0 Å². The van der Waals surface area contributed by atoms with E-state index in [2.05, 4.69) is 10.3 Å². The normalized spacial score (nSPS) is 12.7. The van der Waals surface area contributed by atoms with Crippen LogP contribution in [0.1, 0.15) is 26.5 Å². The molecule has 2 heterocycles. The lowest BCUT2D eigenvalue weighted by Gasteiger charge is -2.18. The van der Waals surface area contributed by atoms with E-state index in [-0.39, 0.29) is 5.91 Å². The number of amides is 1. The molecular formula is C20H17ClN2O3S. The zero-order valence-corrected chi connectivity index (χ0v) is 16.2. The zero-order chi connectivity index (χ0) is 18.8. The Morgan fingerprint density at radius 3 is 2.81 bits per heavy atom. The van der Waals surface area contributed by atoms with Crippen LogP contribution in [0.4, 0.5) is 5.13 Å². The van der Waals surface area contributed by atoms with E-state index < -0.39 is 0 Å². The molecule has 0 radical (unpaired) electrons. The van der Waals surface area contributed by atoms with E-state index in [1.807, 2.05) is 31.2 Å². The molecule has 3 aromatic rings. The van der Waals surface area contributed by atoms with Gasteiger partial charge in [0.2, 0.25) is 0 Å². The minimum Gasteiger partial charge on any atom is -0.486 e. The van der Waals surface area contributed by atoms with E-state index in [9.17, 15) is 4.79 Å². The van der Waals surface area contributed by atoms with E-state index >= 15 is 0 Å². The van der Waals surface area contributed by atoms with Crippen molar-refractivity contribution in [3.8, 4) is 11.5 Å². The summed E-state index contributed by atoms with van der Waals surface area (Å²) in [5.41, 5.74) is 2.51. The Hall–Kier alpha value is -2.57. The van der Waals surface area contributed by atoms with Crippen molar-refractivity contribution in [2.45, 2.75) is 13.3 Å². The van der Waals surface area contributed by atoms with Gasteiger partial charge in [-0.15, -0.1) is 11.3 Å². The van der Waals surface area contributed by atoms with Crippen molar-refractivity contribution >= 4 is 34.0 Å². The number of anilines is 1. The molecule has 7 heteroatoms. The number of benzene rings is 2. The monoisotopic (exact) mass is 400 g/mol. The van der Waals surface area contributed by atoms with Crippen molar-refractivity contribution in [3.05, 3.63) is 69.2 Å². The summed E-state index contributed by atoms with van der Waals surface area (Å²) in [4.78, 5) is 18.1. The standard InChI is InChI=1S/C20H17ClN2O3S/c1-12-18(10-13-3-2-4-15(21)9-13)27-20(22-12)23-19(24)14-5-6-16-17(11-14)26-8-7-25-16/h2-6,9,11H,7-8,10H2,1H3,(H,22,23,24). The van der Waals surface area contributed by atoms with Gasteiger partial charge in [0.1, 0.15) is 13.2 Å². The number of thiazole rings is 1. The van der Waals surface area contributed by atoms with Gasteiger partial charge in [-0.25, -0.2) is 4.98 Å². The molecule has 0 spiro atoms. The summed E-state index contributed by atoms with van der Waals surface area (Å²) in [6.07, 6.45) is 0.726. The van der Waals surface area contributed by atoms with Gasteiger partial charge in [-0.3, -0.25) is 10.1 Å². The smallest absolute Gasteiger partial charge is 0.257 e. The molecule has 1 N–H and O–H groups in total. The average molecular weight is 401 g/mol. The van der Waals surface area contributed by atoms with Gasteiger partial charge in [0.15, 0.2) is 16.6 Å². The number of hydrogen-bond donors (Lipinski definition) is 1. The van der Waals surface area contributed by atoms with Crippen LogP contribution in [0.2, 0.25) is 5.02 Å². The van der Waals surface area contributed by atoms with Gasteiger partial charge in [-0.1, -0.05) is 23.7 Å². The van der Waals surface area contributed by atoms with Gasteiger partial charge in [-0.2, -0.15) is 0 Å². The minimum absolute atomic E-state index is 0.227. The van der Waals surface area contributed by atoms with Gasteiger partial charge < -0.3 is 9.47 Å². The maximum atomic E-state index is 12.6. The number of hydrogen-bond acceptors (Lipinski definition) is 5. The Morgan fingerprint density at radius 1 is 1.19 bits per heavy atom. The molecule has 1 aliphatic rings. The fourth-order valence-corrected chi connectivity index (χ4v) is 4.04. The maximum absolute atomic E-state index is 12.6. The molecule has 1 aliphatic heterocycles. The van der Waals surface area contributed by atoms with E-state index in [4.69, 9.17) is 21.1 Å². The van der Waals surface area contributed by atoms with E-state index in [1.54, 1.807) is 18.2 Å². The first kappa shape index (κ1) is 17.8. The molecule has 0 fully saturated rings. The molecular weight excluding hydrogens is 384 g/mol. The molecule has 138 valence electrons. The van der Waals surface area contributed by atoms with Crippen molar-refractivity contribution < 1.29 is 14.3 Å². The summed E-state index contributed by atoms with van der Waals surface area (Å²) in [5, 5.41) is 4.15. The van der Waals surface area contributed by atoms with E-state index in [0.717, 1.165) is 22.6 Å². The van der Waals surface area contributed by atoms with Crippen LogP contribution in [-0.4, -0.2) is 24.1 Å². The summed E-state index contributed by atoms with van der Waals surface area (Å²) in [6, 6.07) is 12.9. The molecule has 0 saturated carbocycles. The first-order valence-electron chi connectivity index (χ1n) is 8.50.